The number of piperidine rings is 1. The van der Waals surface area contributed by atoms with Crippen LogP contribution < -0.4 is 5.32 Å². The van der Waals surface area contributed by atoms with Crippen molar-refractivity contribution in [1.82, 2.24) is 19.2 Å². The predicted molar refractivity (Wildman–Crippen MR) is 102 cm³/mol. The molecular formula is C19H26N4O3S. The number of nitrogens with zero attached hydrogens (tertiary/aromatic N) is 3. The minimum atomic E-state index is -3.67. The van der Waals surface area contributed by atoms with Gasteiger partial charge in [0, 0.05) is 32.4 Å². The molecule has 0 unspecified atom stereocenters. The average Bonchev–Trinajstić information content (AvgIpc) is 3.16. The Balaban J connectivity index is 1.63. The number of carbonyl (C=O) groups excluding carboxylic acids is 1. The van der Waals surface area contributed by atoms with E-state index in [-0.39, 0.29) is 23.4 Å². The summed E-state index contributed by atoms with van der Waals surface area (Å²) in [6.07, 6.45) is 4.41. The molecule has 0 spiro atoms. The molecule has 0 radical (unpaired) electrons. The Morgan fingerprint density at radius 1 is 1.37 bits per heavy atom. The first-order chi connectivity index (χ1) is 12.9. The van der Waals surface area contributed by atoms with Crippen LogP contribution in [0.1, 0.15) is 30.9 Å². The summed E-state index contributed by atoms with van der Waals surface area (Å²) in [6, 6.07) is 7.97. The summed E-state index contributed by atoms with van der Waals surface area (Å²) in [4.78, 5) is 16.6. The van der Waals surface area contributed by atoms with Gasteiger partial charge in [-0.1, -0.05) is 29.8 Å². The van der Waals surface area contributed by atoms with Gasteiger partial charge in [0.25, 0.3) is 10.0 Å². The van der Waals surface area contributed by atoms with Crippen LogP contribution in [0.3, 0.4) is 0 Å². The van der Waals surface area contributed by atoms with E-state index in [0.717, 1.165) is 11.1 Å². The van der Waals surface area contributed by atoms with E-state index in [1.807, 2.05) is 38.1 Å². The Kier molecular flexibility index (Phi) is 5.96. The van der Waals surface area contributed by atoms with Crippen molar-refractivity contribution in [1.29, 1.82) is 0 Å². The Bertz CT molecular complexity index is 907. The zero-order chi connectivity index (χ0) is 19.4. The molecular weight excluding hydrogens is 364 g/mol. The molecule has 1 amide bonds. The summed E-state index contributed by atoms with van der Waals surface area (Å²) < 4.78 is 28.7. The van der Waals surface area contributed by atoms with Gasteiger partial charge in [0.1, 0.15) is 0 Å². The van der Waals surface area contributed by atoms with Crippen molar-refractivity contribution in [2.24, 2.45) is 5.92 Å². The van der Waals surface area contributed by atoms with Gasteiger partial charge in [0.05, 0.1) is 12.2 Å². The zero-order valence-electron chi connectivity index (χ0n) is 15.8. The lowest BCUT2D eigenvalue weighted by Crippen LogP contribution is -2.45. The monoisotopic (exact) mass is 390 g/mol. The molecule has 3 rings (SSSR count). The molecule has 0 bridgehead atoms. The number of carbonyl (C=O) groups is 1. The van der Waals surface area contributed by atoms with E-state index in [2.05, 4.69) is 10.3 Å². The number of aryl methyl sites for hydroxylation is 2. The maximum Gasteiger partial charge on any atom is 0.262 e. The largest absolute Gasteiger partial charge is 0.352 e. The second-order valence-corrected chi connectivity index (χ2v) is 8.84. The fourth-order valence-corrected chi connectivity index (χ4v) is 4.77. The third-order valence-corrected chi connectivity index (χ3v) is 6.63. The van der Waals surface area contributed by atoms with Gasteiger partial charge in [-0.25, -0.2) is 13.4 Å². The first-order valence-corrected chi connectivity index (χ1v) is 10.7. The van der Waals surface area contributed by atoms with Gasteiger partial charge in [-0.05, 0) is 32.3 Å². The molecule has 1 atom stereocenters. The first kappa shape index (κ1) is 19.6. The standard InChI is InChI=1S/C19H26N4O3S/c1-3-22-13-18(21-14-22)27(25,26)23-9-5-8-17(12-23)19(24)20-11-16-7-4-6-15(2)10-16/h4,6-7,10,13-14,17H,3,5,8-9,11-12H2,1-2H3,(H,20,24)/t17-/m0/s1. The third kappa shape index (κ3) is 4.56. The predicted octanol–water partition coefficient (Wildman–Crippen LogP) is 1.93. The highest BCUT2D eigenvalue weighted by molar-refractivity contribution is 7.89. The van der Waals surface area contributed by atoms with Crippen molar-refractivity contribution in [2.75, 3.05) is 13.1 Å². The van der Waals surface area contributed by atoms with Crippen LogP contribution in [0.5, 0.6) is 0 Å². The van der Waals surface area contributed by atoms with E-state index in [4.69, 9.17) is 0 Å². The number of aromatic nitrogens is 2. The van der Waals surface area contributed by atoms with Crippen LogP contribution in [0.2, 0.25) is 0 Å². The van der Waals surface area contributed by atoms with Crippen molar-refractivity contribution >= 4 is 15.9 Å². The number of imidazole rings is 1. The van der Waals surface area contributed by atoms with Crippen LogP contribution in [-0.4, -0.2) is 41.3 Å². The van der Waals surface area contributed by atoms with Crippen molar-refractivity contribution in [3.63, 3.8) is 0 Å². The van der Waals surface area contributed by atoms with Crippen LogP contribution in [0.4, 0.5) is 0 Å². The van der Waals surface area contributed by atoms with Crippen molar-refractivity contribution in [3.05, 3.63) is 47.9 Å². The average molecular weight is 391 g/mol. The Hall–Kier alpha value is -2.19. The quantitative estimate of drug-likeness (QED) is 0.817. The number of hydrogen-bond donors (Lipinski definition) is 1. The summed E-state index contributed by atoms with van der Waals surface area (Å²) >= 11 is 0. The van der Waals surface area contributed by atoms with Crippen LogP contribution in [-0.2, 0) is 27.9 Å². The zero-order valence-corrected chi connectivity index (χ0v) is 16.6. The highest BCUT2D eigenvalue weighted by atomic mass is 32.2. The number of nitrogens with one attached hydrogen (secondary N) is 1. The van der Waals surface area contributed by atoms with Gasteiger partial charge in [-0.2, -0.15) is 4.31 Å². The molecule has 1 aromatic heterocycles. The molecule has 146 valence electrons. The smallest absolute Gasteiger partial charge is 0.262 e. The third-order valence-electron chi connectivity index (χ3n) is 4.88. The van der Waals surface area contributed by atoms with E-state index >= 15 is 0 Å². The molecule has 1 N–H and O–H groups in total. The van der Waals surface area contributed by atoms with Gasteiger partial charge < -0.3 is 9.88 Å². The molecule has 0 aliphatic carbocycles. The van der Waals surface area contributed by atoms with Gasteiger partial charge in [-0.15, -0.1) is 0 Å². The second-order valence-electron chi connectivity index (χ2n) is 6.95. The van der Waals surface area contributed by atoms with E-state index in [1.54, 1.807) is 4.57 Å². The van der Waals surface area contributed by atoms with E-state index < -0.39 is 10.0 Å². The summed E-state index contributed by atoms with van der Waals surface area (Å²) in [5.41, 5.74) is 2.18. The lowest BCUT2D eigenvalue weighted by atomic mass is 9.98. The molecule has 8 heteroatoms. The van der Waals surface area contributed by atoms with Crippen LogP contribution in [0.15, 0.2) is 41.8 Å². The number of rotatable bonds is 6. The minimum absolute atomic E-state index is 0.0465. The molecule has 2 aromatic rings. The van der Waals surface area contributed by atoms with Crippen molar-refractivity contribution in [3.8, 4) is 0 Å². The first-order valence-electron chi connectivity index (χ1n) is 9.25. The molecule has 7 nitrogen and oxygen atoms in total. The van der Waals surface area contributed by atoms with Crippen LogP contribution in [0.25, 0.3) is 0 Å². The van der Waals surface area contributed by atoms with Gasteiger partial charge in [0.15, 0.2) is 5.03 Å². The summed E-state index contributed by atoms with van der Waals surface area (Å²) in [6.45, 7) is 5.66. The maximum atomic E-state index is 12.8. The summed E-state index contributed by atoms with van der Waals surface area (Å²) in [5, 5.41) is 2.99. The SMILES string of the molecule is CCn1cnc(S(=O)(=O)N2CCC[C@H](C(=O)NCc3cccc(C)c3)C2)c1. The molecule has 1 aliphatic rings. The number of hydrogen-bond acceptors (Lipinski definition) is 4. The second kappa shape index (κ2) is 8.22. The fraction of sp³-hybridized carbons (Fsp3) is 0.474. The molecule has 1 aliphatic heterocycles. The fourth-order valence-electron chi connectivity index (χ4n) is 3.31. The lowest BCUT2D eigenvalue weighted by Gasteiger charge is -2.30. The topological polar surface area (TPSA) is 84.3 Å². The van der Waals surface area contributed by atoms with Crippen molar-refractivity contribution < 1.29 is 13.2 Å². The Morgan fingerprint density at radius 2 is 2.19 bits per heavy atom. The summed E-state index contributed by atoms with van der Waals surface area (Å²) in [7, 11) is -3.67. The number of benzene rings is 1. The van der Waals surface area contributed by atoms with Crippen LogP contribution in [0, 0.1) is 12.8 Å². The molecule has 0 saturated carbocycles. The number of amides is 1. The van der Waals surface area contributed by atoms with Gasteiger partial charge in [-0.3, -0.25) is 4.79 Å². The van der Waals surface area contributed by atoms with E-state index in [1.165, 1.54) is 16.8 Å². The highest BCUT2D eigenvalue weighted by Gasteiger charge is 2.34. The molecule has 2 heterocycles. The molecule has 27 heavy (non-hydrogen) atoms. The summed E-state index contributed by atoms with van der Waals surface area (Å²) in [5.74, 6) is -0.443. The van der Waals surface area contributed by atoms with Crippen molar-refractivity contribution in [2.45, 2.75) is 44.8 Å². The Morgan fingerprint density at radius 3 is 2.89 bits per heavy atom. The van der Waals surface area contributed by atoms with Crippen LogP contribution >= 0.6 is 0 Å². The Labute approximate surface area is 160 Å². The number of sulfonamides is 1. The highest BCUT2D eigenvalue weighted by Crippen LogP contribution is 2.23. The minimum Gasteiger partial charge on any atom is -0.352 e. The van der Waals surface area contributed by atoms with Gasteiger partial charge >= 0.3 is 0 Å². The molecule has 1 fully saturated rings. The normalized spacial score (nSPS) is 18.4. The van der Waals surface area contributed by atoms with E-state index in [0.29, 0.717) is 32.5 Å². The lowest BCUT2D eigenvalue weighted by molar-refractivity contribution is -0.126. The maximum absolute atomic E-state index is 12.8. The molecule has 1 aromatic carbocycles. The van der Waals surface area contributed by atoms with Gasteiger partial charge in [0.2, 0.25) is 5.91 Å². The van der Waals surface area contributed by atoms with E-state index in [9.17, 15) is 13.2 Å². The molecule has 1 saturated heterocycles.